The molecule has 0 spiro atoms. The summed E-state index contributed by atoms with van der Waals surface area (Å²) in [6.07, 6.45) is 1.63. The van der Waals surface area contributed by atoms with Crippen molar-refractivity contribution in [3.63, 3.8) is 0 Å². The number of hydrogen-bond donors (Lipinski definition) is 0. The van der Waals surface area contributed by atoms with Crippen LogP contribution in [0.15, 0.2) is 27.6 Å². The first-order valence-corrected chi connectivity index (χ1v) is 11.8. The van der Waals surface area contributed by atoms with E-state index in [-0.39, 0.29) is 5.91 Å². The molecule has 1 aromatic carbocycles. The number of aromatic nitrogens is 1. The number of fused-ring (bicyclic) bond motifs is 1. The van der Waals surface area contributed by atoms with Crippen molar-refractivity contribution in [2.24, 2.45) is 0 Å². The van der Waals surface area contributed by atoms with Gasteiger partial charge in [0.15, 0.2) is 0 Å². The topological polar surface area (TPSA) is 87.0 Å². The Morgan fingerprint density at radius 1 is 1.13 bits per heavy atom. The highest BCUT2D eigenvalue weighted by Gasteiger charge is 2.30. The average molecular weight is 433 g/mol. The number of anilines is 1. The number of amides is 1. The monoisotopic (exact) mass is 432 g/mol. The second-order valence-corrected chi connectivity index (χ2v) is 9.99. The van der Waals surface area contributed by atoms with Crippen molar-refractivity contribution in [2.45, 2.75) is 45.1 Å². The SMILES string of the molecule is CC(=O)N1CCCc2cc(S(=O)(=O)N3CCN(Cc4c(C)noc4C)CC3)ccc21. The van der Waals surface area contributed by atoms with E-state index in [2.05, 4.69) is 10.1 Å². The molecule has 0 saturated carbocycles. The van der Waals surface area contributed by atoms with Crippen molar-refractivity contribution >= 4 is 21.6 Å². The van der Waals surface area contributed by atoms with E-state index in [9.17, 15) is 13.2 Å². The fourth-order valence-corrected chi connectivity index (χ4v) is 5.76. The van der Waals surface area contributed by atoms with E-state index in [1.807, 2.05) is 13.8 Å². The number of rotatable bonds is 4. The van der Waals surface area contributed by atoms with Gasteiger partial charge in [0.25, 0.3) is 0 Å². The summed E-state index contributed by atoms with van der Waals surface area (Å²) in [5.41, 5.74) is 3.72. The lowest BCUT2D eigenvalue weighted by Gasteiger charge is -2.34. The van der Waals surface area contributed by atoms with E-state index in [4.69, 9.17) is 4.52 Å². The number of carbonyl (C=O) groups is 1. The lowest BCUT2D eigenvalue weighted by molar-refractivity contribution is -0.116. The van der Waals surface area contributed by atoms with E-state index < -0.39 is 10.0 Å². The quantitative estimate of drug-likeness (QED) is 0.735. The molecule has 1 aromatic heterocycles. The Bertz CT molecular complexity index is 1040. The minimum absolute atomic E-state index is 0.0130. The molecule has 8 nitrogen and oxygen atoms in total. The summed E-state index contributed by atoms with van der Waals surface area (Å²) in [6.45, 7) is 8.98. The first-order chi connectivity index (χ1) is 14.3. The van der Waals surface area contributed by atoms with Gasteiger partial charge in [-0.05, 0) is 50.5 Å². The summed E-state index contributed by atoms with van der Waals surface area (Å²) in [5.74, 6) is 0.803. The number of piperazine rings is 1. The summed E-state index contributed by atoms with van der Waals surface area (Å²) in [7, 11) is -3.56. The molecule has 4 rings (SSSR count). The van der Waals surface area contributed by atoms with Crippen LogP contribution in [0.25, 0.3) is 0 Å². The van der Waals surface area contributed by atoms with Gasteiger partial charge in [0.05, 0.1) is 10.6 Å². The van der Waals surface area contributed by atoms with Gasteiger partial charge < -0.3 is 9.42 Å². The van der Waals surface area contributed by atoms with Crippen molar-refractivity contribution < 1.29 is 17.7 Å². The van der Waals surface area contributed by atoms with Crippen molar-refractivity contribution in [1.29, 1.82) is 0 Å². The molecular weight excluding hydrogens is 404 g/mol. The summed E-state index contributed by atoms with van der Waals surface area (Å²) >= 11 is 0. The number of nitrogens with zero attached hydrogens (tertiary/aromatic N) is 4. The molecule has 0 N–H and O–H groups in total. The lowest BCUT2D eigenvalue weighted by atomic mass is 10.0. The Balaban J connectivity index is 1.47. The van der Waals surface area contributed by atoms with E-state index in [0.717, 1.165) is 47.7 Å². The third-order valence-corrected chi connectivity index (χ3v) is 7.98. The van der Waals surface area contributed by atoms with Crippen LogP contribution in [-0.4, -0.2) is 61.4 Å². The first kappa shape index (κ1) is 21.0. The summed E-state index contributed by atoms with van der Waals surface area (Å²) < 4.78 is 33.2. The molecule has 2 aromatic rings. The van der Waals surface area contributed by atoms with E-state index in [1.54, 1.807) is 34.3 Å². The van der Waals surface area contributed by atoms with Crippen molar-refractivity contribution in [3.05, 3.63) is 40.8 Å². The maximum atomic E-state index is 13.2. The normalized spacial score (nSPS) is 18.4. The van der Waals surface area contributed by atoms with Crippen molar-refractivity contribution in [3.8, 4) is 0 Å². The molecule has 30 heavy (non-hydrogen) atoms. The Morgan fingerprint density at radius 3 is 2.50 bits per heavy atom. The van der Waals surface area contributed by atoms with Gasteiger partial charge in [-0.3, -0.25) is 9.69 Å². The fraction of sp³-hybridized carbons (Fsp3) is 0.524. The van der Waals surface area contributed by atoms with Gasteiger partial charge in [0, 0.05) is 57.4 Å². The van der Waals surface area contributed by atoms with Gasteiger partial charge >= 0.3 is 0 Å². The van der Waals surface area contributed by atoms with Crippen LogP contribution in [0.5, 0.6) is 0 Å². The summed E-state index contributed by atoms with van der Waals surface area (Å²) in [4.78, 5) is 16.1. The Labute approximate surface area is 177 Å². The zero-order chi connectivity index (χ0) is 21.5. The Morgan fingerprint density at radius 2 is 1.87 bits per heavy atom. The smallest absolute Gasteiger partial charge is 0.243 e. The number of carbonyl (C=O) groups excluding carboxylic acids is 1. The zero-order valence-electron chi connectivity index (χ0n) is 17.7. The fourth-order valence-electron chi connectivity index (χ4n) is 4.29. The lowest BCUT2D eigenvalue weighted by Crippen LogP contribution is -2.48. The molecule has 9 heteroatoms. The molecule has 0 unspecified atom stereocenters. The van der Waals surface area contributed by atoms with Crippen LogP contribution >= 0.6 is 0 Å². The predicted octanol–water partition coefficient (Wildman–Crippen LogP) is 2.10. The van der Waals surface area contributed by atoms with E-state index >= 15 is 0 Å². The zero-order valence-corrected chi connectivity index (χ0v) is 18.5. The minimum Gasteiger partial charge on any atom is -0.361 e. The average Bonchev–Trinajstić information content (AvgIpc) is 3.05. The van der Waals surface area contributed by atoms with Gasteiger partial charge in [-0.25, -0.2) is 8.42 Å². The van der Waals surface area contributed by atoms with Gasteiger partial charge in [0.1, 0.15) is 5.76 Å². The molecule has 0 aliphatic carbocycles. The number of sulfonamides is 1. The molecule has 0 bridgehead atoms. The van der Waals surface area contributed by atoms with Crippen LogP contribution in [-0.2, 0) is 27.8 Å². The molecule has 2 aliphatic rings. The van der Waals surface area contributed by atoms with Crippen molar-refractivity contribution in [1.82, 2.24) is 14.4 Å². The molecule has 1 amide bonds. The molecular formula is C21H28N4O4S. The molecule has 162 valence electrons. The number of hydrogen-bond acceptors (Lipinski definition) is 6. The van der Waals surface area contributed by atoms with Crippen LogP contribution in [0.4, 0.5) is 5.69 Å². The maximum Gasteiger partial charge on any atom is 0.243 e. The van der Waals surface area contributed by atoms with Gasteiger partial charge in [0.2, 0.25) is 15.9 Å². The van der Waals surface area contributed by atoms with Gasteiger partial charge in [-0.2, -0.15) is 4.31 Å². The molecule has 0 atom stereocenters. The molecule has 2 aliphatic heterocycles. The second kappa shape index (κ2) is 8.13. The second-order valence-electron chi connectivity index (χ2n) is 8.05. The van der Waals surface area contributed by atoms with Crippen LogP contribution in [0, 0.1) is 13.8 Å². The Hall–Kier alpha value is -2.23. The molecule has 1 saturated heterocycles. The summed E-state index contributed by atoms with van der Waals surface area (Å²) in [5, 5.41) is 3.99. The minimum atomic E-state index is -3.56. The predicted molar refractivity (Wildman–Crippen MR) is 113 cm³/mol. The Kier molecular flexibility index (Phi) is 5.69. The standard InChI is InChI=1S/C21H28N4O4S/c1-15-20(16(2)29-22-15)14-23-9-11-24(12-10-23)30(27,28)19-6-7-21-18(13-19)5-4-8-25(21)17(3)26/h6-7,13H,4-5,8-12,14H2,1-3H3. The molecule has 3 heterocycles. The molecule has 0 radical (unpaired) electrons. The number of aryl methyl sites for hydroxylation is 3. The molecule has 1 fully saturated rings. The van der Waals surface area contributed by atoms with E-state index in [0.29, 0.717) is 37.6 Å². The highest BCUT2D eigenvalue weighted by molar-refractivity contribution is 7.89. The van der Waals surface area contributed by atoms with Crippen LogP contribution in [0.2, 0.25) is 0 Å². The third kappa shape index (κ3) is 3.89. The van der Waals surface area contributed by atoms with Crippen LogP contribution < -0.4 is 4.90 Å². The van der Waals surface area contributed by atoms with Crippen LogP contribution in [0.3, 0.4) is 0 Å². The first-order valence-electron chi connectivity index (χ1n) is 10.3. The van der Waals surface area contributed by atoms with Gasteiger partial charge in [-0.1, -0.05) is 5.16 Å². The van der Waals surface area contributed by atoms with Crippen molar-refractivity contribution in [2.75, 3.05) is 37.6 Å². The largest absolute Gasteiger partial charge is 0.361 e. The highest BCUT2D eigenvalue weighted by atomic mass is 32.2. The summed E-state index contributed by atoms with van der Waals surface area (Å²) in [6, 6.07) is 5.15. The maximum absolute atomic E-state index is 13.2. The van der Waals surface area contributed by atoms with E-state index in [1.165, 1.54) is 0 Å². The highest BCUT2D eigenvalue weighted by Crippen LogP contribution is 2.31. The number of benzene rings is 1. The van der Waals surface area contributed by atoms with Crippen LogP contribution in [0.1, 0.15) is 35.9 Å². The third-order valence-electron chi connectivity index (χ3n) is 6.08. The van der Waals surface area contributed by atoms with Gasteiger partial charge in [-0.15, -0.1) is 0 Å².